The summed E-state index contributed by atoms with van der Waals surface area (Å²) in [6, 6.07) is 9.51. The van der Waals surface area contributed by atoms with E-state index in [-0.39, 0.29) is 5.97 Å². The van der Waals surface area contributed by atoms with Gasteiger partial charge >= 0.3 is 5.97 Å². The molecule has 0 aliphatic carbocycles. The number of ether oxygens (including phenoxy) is 1. The smallest absolute Gasteiger partial charge is 0.322 e. The number of carbonyl (C=O) groups excluding carboxylic acids is 1. The first-order valence-corrected chi connectivity index (χ1v) is 6.55. The van der Waals surface area contributed by atoms with Crippen molar-refractivity contribution in [3.63, 3.8) is 0 Å². The number of rotatable bonds is 7. The van der Waals surface area contributed by atoms with E-state index in [1.807, 2.05) is 30.3 Å². The van der Waals surface area contributed by atoms with Gasteiger partial charge in [-0.2, -0.15) is 0 Å². The Bertz CT molecular complexity index is 349. The van der Waals surface area contributed by atoms with Crippen molar-refractivity contribution in [2.75, 3.05) is 6.61 Å². The average molecular weight is 249 g/mol. The zero-order valence-electron chi connectivity index (χ0n) is 11.3. The average Bonchev–Trinajstić information content (AvgIpc) is 2.36. The fourth-order valence-corrected chi connectivity index (χ4v) is 1.59. The van der Waals surface area contributed by atoms with Gasteiger partial charge < -0.3 is 10.5 Å². The van der Waals surface area contributed by atoms with Gasteiger partial charge in [0.25, 0.3) is 0 Å². The van der Waals surface area contributed by atoms with E-state index in [4.69, 9.17) is 10.5 Å². The number of aryl methyl sites for hydroxylation is 1. The first-order valence-electron chi connectivity index (χ1n) is 6.55. The minimum atomic E-state index is -0.516. The lowest BCUT2D eigenvalue weighted by atomic mass is 10.1. The molecule has 1 aromatic rings. The molecule has 0 amide bonds. The summed E-state index contributed by atoms with van der Waals surface area (Å²) in [5, 5.41) is 0. The third kappa shape index (κ3) is 5.82. The van der Waals surface area contributed by atoms with Crippen LogP contribution >= 0.6 is 0 Å². The molecule has 0 bridgehead atoms. The Balaban J connectivity index is 2.23. The SMILES string of the molecule is CC(C)CCOC(=O)C(N)CCc1ccccc1. The van der Waals surface area contributed by atoms with Crippen LogP contribution in [-0.4, -0.2) is 18.6 Å². The number of nitrogens with two attached hydrogens (primary N) is 1. The molecule has 0 saturated carbocycles. The minimum Gasteiger partial charge on any atom is -0.465 e. The quantitative estimate of drug-likeness (QED) is 0.755. The summed E-state index contributed by atoms with van der Waals surface area (Å²) in [6.07, 6.45) is 2.32. The predicted octanol–water partition coefficient (Wildman–Crippen LogP) is 2.54. The highest BCUT2D eigenvalue weighted by Crippen LogP contribution is 2.06. The number of hydrogen-bond donors (Lipinski definition) is 1. The molecule has 100 valence electrons. The van der Waals surface area contributed by atoms with Gasteiger partial charge in [0.1, 0.15) is 6.04 Å². The lowest BCUT2D eigenvalue weighted by molar-refractivity contribution is -0.145. The summed E-state index contributed by atoms with van der Waals surface area (Å²) in [6.45, 7) is 4.67. The second-order valence-electron chi connectivity index (χ2n) is 4.98. The van der Waals surface area contributed by atoms with Gasteiger partial charge in [-0.15, -0.1) is 0 Å². The minimum absolute atomic E-state index is 0.286. The van der Waals surface area contributed by atoms with Gasteiger partial charge in [-0.05, 0) is 30.7 Å². The molecular weight excluding hydrogens is 226 g/mol. The molecule has 0 fully saturated rings. The van der Waals surface area contributed by atoms with Crippen molar-refractivity contribution in [3.8, 4) is 0 Å². The number of carbonyl (C=O) groups is 1. The van der Waals surface area contributed by atoms with Crippen LogP contribution in [0.1, 0.15) is 32.3 Å². The fraction of sp³-hybridized carbons (Fsp3) is 0.533. The van der Waals surface area contributed by atoms with Crippen LogP contribution in [0.3, 0.4) is 0 Å². The second kappa shape index (κ2) is 7.88. The van der Waals surface area contributed by atoms with Crippen molar-refractivity contribution in [1.82, 2.24) is 0 Å². The number of esters is 1. The summed E-state index contributed by atoms with van der Waals surface area (Å²) in [4.78, 5) is 11.6. The second-order valence-corrected chi connectivity index (χ2v) is 4.98. The van der Waals surface area contributed by atoms with E-state index in [2.05, 4.69) is 13.8 Å². The lowest BCUT2D eigenvalue weighted by Gasteiger charge is -2.12. The van der Waals surface area contributed by atoms with E-state index in [0.717, 1.165) is 12.8 Å². The van der Waals surface area contributed by atoms with Crippen molar-refractivity contribution in [2.45, 2.75) is 39.2 Å². The standard InChI is InChI=1S/C15H23NO2/c1-12(2)10-11-18-15(17)14(16)9-8-13-6-4-3-5-7-13/h3-7,12,14H,8-11,16H2,1-2H3. The predicted molar refractivity (Wildman–Crippen MR) is 73.2 cm³/mol. The summed E-state index contributed by atoms with van der Waals surface area (Å²) in [7, 11) is 0. The zero-order chi connectivity index (χ0) is 13.4. The largest absolute Gasteiger partial charge is 0.465 e. The van der Waals surface area contributed by atoms with Crippen molar-refractivity contribution in [1.29, 1.82) is 0 Å². The van der Waals surface area contributed by atoms with Crippen LogP contribution in [0.15, 0.2) is 30.3 Å². The van der Waals surface area contributed by atoms with Crippen LogP contribution in [0.25, 0.3) is 0 Å². The molecule has 3 nitrogen and oxygen atoms in total. The molecule has 18 heavy (non-hydrogen) atoms. The third-order valence-electron chi connectivity index (χ3n) is 2.83. The summed E-state index contributed by atoms with van der Waals surface area (Å²) in [5.74, 6) is 0.255. The van der Waals surface area contributed by atoms with Crippen LogP contribution in [0.4, 0.5) is 0 Å². The summed E-state index contributed by atoms with van der Waals surface area (Å²) in [5.41, 5.74) is 7.00. The van der Waals surface area contributed by atoms with Gasteiger partial charge in [-0.1, -0.05) is 44.2 Å². The molecular formula is C15H23NO2. The highest BCUT2D eigenvalue weighted by molar-refractivity contribution is 5.75. The zero-order valence-corrected chi connectivity index (χ0v) is 11.3. The third-order valence-corrected chi connectivity index (χ3v) is 2.83. The molecule has 1 unspecified atom stereocenters. The first-order chi connectivity index (χ1) is 8.59. The summed E-state index contributed by atoms with van der Waals surface area (Å²) < 4.78 is 5.14. The molecule has 1 atom stereocenters. The molecule has 0 saturated heterocycles. The fourth-order valence-electron chi connectivity index (χ4n) is 1.59. The Labute approximate surface area is 109 Å². The van der Waals surface area contributed by atoms with Gasteiger partial charge in [-0.25, -0.2) is 0 Å². The first kappa shape index (κ1) is 14.7. The molecule has 1 aromatic carbocycles. The topological polar surface area (TPSA) is 52.3 Å². The van der Waals surface area contributed by atoms with Gasteiger partial charge in [0.15, 0.2) is 0 Å². The number of benzene rings is 1. The molecule has 3 heteroatoms. The van der Waals surface area contributed by atoms with E-state index >= 15 is 0 Å². The van der Waals surface area contributed by atoms with Crippen molar-refractivity contribution in [2.24, 2.45) is 11.7 Å². The Morgan fingerprint density at radius 3 is 2.50 bits per heavy atom. The van der Waals surface area contributed by atoms with Crippen LogP contribution < -0.4 is 5.73 Å². The van der Waals surface area contributed by atoms with Gasteiger partial charge in [0, 0.05) is 0 Å². The Morgan fingerprint density at radius 1 is 1.22 bits per heavy atom. The molecule has 0 aliphatic rings. The maximum absolute atomic E-state index is 11.6. The lowest BCUT2D eigenvalue weighted by Crippen LogP contribution is -2.33. The van der Waals surface area contributed by atoms with E-state index in [1.165, 1.54) is 5.56 Å². The molecule has 0 aliphatic heterocycles. The van der Waals surface area contributed by atoms with Gasteiger partial charge in [0.05, 0.1) is 6.61 Å². The molecule has 0 heterocycles. The maximum Gasteiger partial charge on any atom is 0.322 e. The van der Waals surface area contributed by atoms with Crippen molar-refractivity contribution >= 4 is 5.97 Å². The van der Waals surface area contributed by atoms with Crippen molar-refractivity contribution < 1.29 is 9.53 Å². The van der Waals surface area contributed by atoms with E-state index < -0.39 is 6.04 Å². The highest BCUT2D eigenvalue weighted by Gasteiger charge is 2.14. The highest BCUT2D eigenvalue weighted by atomic mass is 16.5. The molecule has 0 aromatic heterocycles. The number of hydrogen-bond acceptors (Lipinski definition) is 3. The normalized spacial score (nSPS) is 12.4. The van der Waals surface area contributed by atoms with Crippen LogP contribution in [0.2, 0.25) is 0 Å². The maximum atomic E-state index is 11.6. The Kier molecular flexibility index (Phi) is 6.44. The van der Waals surface area contributed by atoms with Crippen molar-refractivity contribution in [3.05, 3.63) is 35.9 Å². The summed E-state index contributed by atoms with van der Waals surface area (Å²) >= 11 is 0. The molecule has 1 rings (SSSR count). The molecule has 0 radical (unpaired) electrons. The van der Waals surface area contributed by atoms with Crippen LogP contribution in [0.5, 0.6) is 0 Å². The van der Waals surface area contributed by atoms with E-state index in [9.17, 15) is 4.79 Å². The Morgan fingerprint density at radius 2 is 1.89 bits per heavy atom. The Hall–Kier alpha value is -1.35. The van der Waals surface area contributed by atoms with Crippen LogP contribution in [0, 0.1) is 5.92 Å². The van der Waals surface area contributed by atoms with E-state index in [0.29, 0.717) is 18.9 Å². The van der Waals surface area contributed by atoms with Crippen LogP contribution in [-0.2, 0) is 16.0 Å². The van der Waals surface area contributed by atoms with E-state index in [1.54, 1.807) is 0 Å². The van der Waals surface area contributed by atoms with Gasteiger partial charge in [-0.3, -0.25) is 4.79 Å². The molecule has 2 N–H and O–H groups in total. The molecule has 0 spiro atoms. The monoisotopic (exact) mass is 249 g/mol. The van der Waals surface area contributed by atoms with Gasteiger partial charge in [0.2, 0.25) is 0 Å².